The summed E-state index contributed by atoms with van der Waals surface area (Å²) in [5.41, 5.74) is 2.44. The van der Waals surface area contributed by atoms with Gasteiger partial charge in [0.05, 0.1) is 11.1 Å². The molecule has 0 bridgehead atoms. The van der Waals surface area contributed by atoms with Crippen LogP contribution in [-0.4, -0.2) is 26.8 Å². The topological polar surface area (TPSA) is 130 Å². The zero-order chi connectivity index (χ0) is 21.2. The number of hydrogen-bond donors (Lipinski definition) is 3. The van der Waals surface area contributed by atoms with Crippen LogP contribution in [0.5, 0.6) is 0 Å². The third kappa shape index (κ3) is 8.92. The van der Waals surface area contributed by atoms with Crippen LogP contribution in [0.25, 0.3) is 0 Å². The minimum atomic E-state index is -4.81. The van der Waals surface area contributed by atoms with Gasteiger partial charge in [-0.25, -0.2) is 14.2 Å². The first-order chi connectivity index (χ1) is 13.1. The smallest absolute Gasteiger partial charge is 0.478 e. The highest BCUT2D eigenvalue weighted by Crippen LogP contribution is 2.36. The van der Waals surface area contributed by atoms with Crippen molar-refractivity contribution in [1.82, 2.24) is 0 Å². The van der Waals surface area contributed by atoms with E-state index in [-0.39, 0.29) is 5.56 Å². The average molecular weight is 410 g/mol. The fourth-order valence-corrected chi connectivity index (χ4v) is 2.30. The van der Waals surface area contributed by atoms with E-state index in [1.165, 1.54) is 12.1 Å². The van der Waals surface area contributed by atoms with Gasteiger partial charge >= 0.3 is 19.8 Å². The number of unbranched alkanes of at least 4 members (excludes halogenated alkanes) is 1. The van der Waals surface area contributed by atoms with Crippen LogP contribution in [0.3, 0.4) is 0 Å². The van der Waals surface area contributed by atoms with Gasteiger partial charge in [0, 0.05) is 0 Å². The summed E-state index contributed by atoms with van der Waals surface area (Å²) < 4.78 is 14.0. The number of benzene rings is 2. The average Bonchev–Trinajstić information content (AvgIpc) is 2.65. The van der Waals surface area contributed by atoms with Gasteiger partial charge in [0.25, 0.3) is 0 Å². The first-order valence-electron chi connectivity index (χ1n) is 8.48. The molecule has 0 saturated heterocycles. The van der Waals surface area contributed by atoms with E-state index in [4.69, 9.17) is 14.9 Å². The summed E-state index contributed by atoms with van der Waals surface area (Å²) in [7, 11) is -4.81. The predicted molar refractivity (Wildman–Crippen MR) is 102 cm³/mol. The molecule has 0 fully saturated rings. The Labute approximate surface area is 162 Å². The lowest BCUT2D eigenvalue weighted by molar-refractivity contribution is -0.166. The van der Waals surface area contributed by atoms with Crippen molar-refractivity contribution < 1.29 is 38.6 Å². The first kappa shape index (κ1) is 23.5. The number of carbonyl (C=O) groups excluding carboxylic acids is 1. The van der Waals surface area contributed by atoms with Crippen molar-refractivity contribution >= 4 is 19.8 Å². The molecule has 2 aromatic carbocycles. The number of carbonyl (C=O) groups is 2. The van der Waals surface area contributed by atoms with Crippen LogP contribution in [0.2, 0.25) is 0 Å². The summed E-state index contributed by atoms with van der Waals surface area (Å²) in [4.78, 5) is 42.5. The van der Waals surface area contributed by atoms with E-state index >= 15 is 0 Å². The maximum Gasteiger partial charge on any atom is 0.505 e. The van der Waals surface area contributed by atoms with Crippen molar-refractivity contribution in [3.63, 3.8) is 0 Å². The maximum absolute atomic E-state index is 11.3. The van der Waals surface area contributed by atoms with Gasteiger partial charge in [-0.05, 0) is 49.1 Å². The number of aryl methyl sites for hydroxylation is 2. The van der Waals surface area contributed by atoms with Crippen LogP contribution in [0, 0.1) is 6.92 Å². The molecule has 2 aromatic rings. The van der Waals surface area contributed by atoms with Crippen molar-refractivity contribution in [2.24, 2.45) is 0 Å². The standard InChI is InChI=1S/C11H15O6P.C8H8O2/c1-2-3-4-9-5-7-10(8-6-9)11(12)16-17-18(13,14)15;1-6-4-2-3-5-7(6)8(9)10/h5-8H,2-4H2,1H3,(H2,13,14,15);2-5H,1H3,(H,9,10). The number of carboxylic acids is 1. The molecule has 0 amide bonds. The molecular formula is C19H23O8P. The van der Waals surface area contributed by atoms with E-state index in [1.807, 2.05) is 6.07 Å². The highest BCUT2D eigenvalue weighted by molar-refractivity contribution is 7.46. The van der Waals surface area contributed by atoms with E-state index in [0.29, 0.717) is 5.56 Å². The molecule has 0 aliphatic carbocycles. The minimum absolute atomic E-state index is 0.170. The zero-order valence-electron chi connectivity index (χ0n) is 15.6. The van der Waals surface area contributed by atoms with Crippen molar-refractivity contribution in [3.8, 4) is 0 Å². The SMILES string of the molecule is CCCCc1ccc(C(=O)OOP(=O)(O)O)cc1.Cc1ccccc1C(=O)O. The number of phosphoric acid groups is 1. The van der Waals surface area contributed by atoms with Crippen molar-refractivity contribution in [2.75, 3.05) is 0 Å². The molecule has 0 heterocycles. The van der Waals surface area contributed by atoms with E-state index in [2.05, 4.69) is 16.5 Å². The number of rotatable bonds is 7. The monoisotopic (exact) mass is 410 g/mol. The molecule has 3 N–H and O–H groups in total. The molecule has 0 saturated carbocycles. The van der Waals surface area contributed by atoms with E-state index in [9.17, 15) is 14.2 Å². The Morgan fingerprint density at radius 1 is 1.04 bits per heavy atom. The minimum Gasteiger partial charge on any atom is -0.478 e. The molecule has 0 aromatic heterocycles. The second-order valence-electron chi connectivity index (χ2n) is 5.86. The van der Waals surface area contributed by atoms with E-state index < -0.39 is 19.8 Å². The number of hydrogen-bond acceptors (Lipinski definition) is 5. The molecule has 9 heteroatoms. The molecule has 0 aliphatic heterocycles. The molecule has 152 valence electrons. The lowest BCUT2D eigenvalue weighted by Crippen LogP contribution is -2.05. The predicted octanol–water partition coefficient (Wildman–Crippen LogP) is 3.90. The van der Waals surface area contributed by atoms with Gasteiger partial charge < -0.3 is 14.9 Å². The first-order valence-corrected chi connectivity index (χ1v) is 10.0. The van der Waals surface area contributed by atoms with Gasteiger partial charge in [-0.1, -0.05) is 48.4 Å². The third-order valence-electron chi connectivity index (χ3n) is 3.59. The molecule has 0 radical (unpaired) electrons. The van der Waals surface area contributed by atoms with Gasteiger partial charge in [0.2, 0.25) is 0 Å². The summed E-state index contributed by atoms with van der Waals surface area (Å²) >= 11 is 0. The van der Waals surface area contributed by atoms with E-state index in [0.717, 1.165) is 30.4 Å². The highest BCUT2D eigenvalue weighted by atomic mass is 31.2. The molecule has 2 rings (SSSR count). The summed E-state index contributed by atoms with van der Waals surface area (Å²) in [6.45, 7) is 3.87. The molecule has 0 unspecified atom stereocenters. The quantitative estimate of drug-likeness (QED) is 0.356. The van der Waals surface area contributed by atoms with Crippen LogP contribution >= 0.6 is 7.82 Å². The normalized spacial score (nSPS) is 10.6. The Bertz CT molecular complexity index is 826. The lowest BCUT2D eigenvalue weighted by atomic mass is 10.1. The van der Waals surface area contributed by atoms with Crippen LogP contribution in [0.4, 0.5) is 0 Å². The Morgan fingerprint density at radius 3 is 2.11 bits per heavy atom. The fraction of sp³-hybridized carbons (Fsp3) is 0.263. The summed E-state index contributed by atoms with van der Waals surface area (Å²) in [5, 5.41) is 8.57. The van der Waals surface area contributed by atoms with Gasteiger partial charge in [-0.15, -0.1) is 0 Å². The van der Waals surface area contributed by atoms with Gasteiger partial charge in [0.15, 0.2) is 0 Å². The molecule has 8 nitrogen and oxygen atoms in total. The van der Waals surface area contributed by atoms with E-state index in [1.54, 1.807) is 37.3 Å². The van der Waals surface area contributed by atoms with Gasteiger partial charge in [-0.3, -0.25) is 4.89 Å². The molecule has 0 spiro atoms. The van der Waals surface area contributed by atoms with Crippen molar-refractivity contribution in [2.45, 2.75) is 33.1 Å². The van der Waals surface area contributed by atoms with Crippen LogP contribution in [0.15, 0.2) is 48.5 Å². The summed E-state index contributed by atoms with van der Waals surface area (Å²) in [6, 6.07) is 13.5. The van der Waals surface area contributed by atoms with Gasteiger partial charge in [-0.2, -0.15) is 0 Å². The lowest BCUT2D eigenvalue weighted by Gasteiger charge is -2.05. The second-order valence-corrected chi connectivity index (χ2v) is 6.99. The fourth-order valence-electron chi connectivity index (χ4n) is 2.13. The van der Waals surface area contributed by atoms with Gasteiger partial charge in [0.1, 0.15) is 0 Å². The summed E-state index contributed by atoms with van der Waals surface area (Å²) in [6.07, 6.45) is 3.07. The van der Waals surface area contributed by atoms with Crippen molar-refractivity contribution in [1.29, 1.82) is 0 Å². The van der Waals surface area contributed by atoms with Crippen LogP contribution < -0.4 is 0 Å². The number of carboxylic acid groups (broad SMARTS) is 1. The van der Waals surface area contributed by atoms with Crippen molar-refractivity contribution in [3.05, 3.63) is 70.8 Å². The Morgan fingerprint density at radius 2 is 1.64 bits per heavy atom. The zero-order valence-corrected chi connectivity index (χ0v) is 16.5. The molecule has 0 atom stereocenters. The molecule has 0 aliphatic rings. The Hall–Kier alpha value is -2.51. The third-order valence-corrected chi connectivity index (χ3v) is 3.86. The molecule has 28 heavy (non-hydrogen) atoms. The maximum atomic E-state index is 11.3. The summed E-state index contributed by atoms with van der Waals surface area (Å²) in [5.74, 6) is -1.81. The number of aromatic carboxylic acids is 1. The highest BCUT2D eigenvalue weighted by Gasteiger charge is 2.19. The Balaban J connectivity index is 0.000000330. The second kappa shape index (κ2) is 11.4. The van der Waals surface area contributed by atoms with Crippen LogP contribution in [0.1, 0.15) is 51.6 Å². The Kier molecular flexibility index (Phi) is 9.55. The largest absolute Gasteiger partial charge is 0.505 e. The molecular weight excluding hydrogens is 387 g/mol. The van der Waals surface area contributed by atoms with Crippen LogP contribution in [-0.2, 0) is 20.5 Å².